The Balaban J connectivity index is 1.62. The molecule has 2 aliphatic heterocycles. The number of hydrogen-bond acceptors (Lipinski definition) is 6. The summed E-state index contributed by atoms with van der Waals surface area (Å²) < 4.78 is 18.8. The molecule has 9 nitrogen and oxygen atoms in total. The highest BCUT2D eigenvalue weighted by Crippen LogP contribution is 2.10. The highest BCUT2D eigenvalue weighted by molar-refractivity contribution is 5.13. The fourth-order valence-corrected chi connectivity index (χ4v) is 2.69. The molecule has 2 unspecified atom stereocenters. The third kappa shape index (κ3) is 3.69. The van der Waals surface area contributed by atoms with Crippen LogP contribution < -0.4 is 17.1 Å². The fourth-order valence-electron chi connectivity index (χ4n) is 2.69. The van der Waals surface area contributed by atoms with Crippen LogP contribution in [0.2, 0.25) is 0 Å². The average molecular weight is 361 g/mol. The van der Waals surface area contributed by atoms with E-state index in [2.05, 4.69) is 0 Å². The van der Waals surface area contributed by atoms with Crippen LogP contribution in [-0.4, -0.2) is 39.1 Å². The van der Waals surface area contributed by atoms with Crippen molar-refractivity contribution in [2.45, 2.75) is 38.6 Å². The summed E-state index contributed by atoms with van der Waals surface area (Å²) in [6.45, 7) is 1.28. The van der Waals surface area contributed by atoms with E-state index in [1.807, 2.05) is 30.3 Å². The van der Waals surface area contributed by atoms with Gasteiger partial charge in [0.15, 0.2) is 0 Å². The van der Waals surface area contributed by atoms with Crippen molar-refractivity contribution in [1.29, 1.82) is 0 Å². The Bertz CT molecular complexity index is 901. The standard InChI is InChI=1S/C17H19N3O6/c21-15-18(6-13-9-25-13)16(22)20(17(23)19(15)7-14-10-26-14)11-24-8-12-4-2-1-3-5-12/h1-5,13-14H,6-11H2. The van der Waals surface area contributed by atoms with Crippen LogP contribution in [0.25, 0.3) is 0 Å². The smallest absolute Gasteiger partial charge is 0.338 e. The molecule has 0 amide bonds. The number of aromatic nitrogens is 3. The molecule has 0 aliphatic carbocycles. The number of nitrogens with zero attached hydrogens (tertiary/aromatic N) is 3. The van der Waals surface area contributed by atoms with Crippen LogP contribution in [-0.2, 0) is 40.6 Å². The first kappa shape index (κ1) is 17.0. The van der Waals surface area contributed by atoms with E-state index < -0.39 is 17.1 Å². The van der Waals surface area contributed by atoms with Gasteiger partial charge in [-0.2, -0.15) is 0 Å². The van der Waals surface area contributed by atoms with Crippen molar-refractivity contribution in [3.63, 3.8) is 0 Å². The topological polar surface area (TPSA) is 100 Å². The lowest BCUT2D eigenvalue weighted by Crippen LogP contribution is -2.55. The van der Waals surface area contributed by atoms with Crippen LogP contribution in [0.4, 0.5) is 0 Å². The van der Waals surface area contributed by atoms with Gasteiger partial charge in [-0.15, -0.1) is 0 Å². The van der Waals surface area contributed by atoms with Crippen molar-refractivity contribution in [2.24, 2.45) is 0 Å². The molecule has 2 aromatic rings. The van der Waals surface area contributed by atoms with Gasteiger partial charge in [-0.05, 0) is 5.56 Å². The molecule has 26 heavy (non-hydrogen) atoms. The fraction of sp³-hybridized carbons (Fsp3) is 0.471. The van der Waals surface area contributed by atoms with E-state index >= 15 is 0 Å². The average Bonchev–Trinajstić information content (AvgIpc) is 3.55. The zero-order valence-electron chi connectivity index (χ0n) is 14.1. The molecule has 0 radical (unpaired) electrons. The maximum atomic E-state index is 12.6. The van der Waals surface area contributed by atoms with E-state index in [0.29, 0.717) is 13.2 Å². The van der Waals surface area contributed by atoms with Crippen LogP contribution >= 0.6 is 0 Å². The Hall–Kier alpha value is -2.49. The highest BCUT2D eigenvalue weighted by Gasteiger charge is 2.29. The summed E-state index contributed by atoms with van der Waals surface area (Å²) >= 11 is 0. The summed E-state index contributed by atoms with van der Waals surface area (Å²) in [6, 6.07) is 9.42. The maximum Gasteiger partial charge on any atom is 0.338 e. The van der Waals surface area contributed by atoms with E-state index in [1.54, 1.807) is 0 Å². The van der Waals surface area contributed by atoms with Gasteiger partial charge in [-0.3, -0.25) is 0 Å². The predicted molar refractivity (Wildman–Crippen MR) is 89.9 cm³/mol. The summed E-state index contributed by atoms with van der Waals surface area (Å²) in [5, 5.41) is 0. The summed E-state index contributed by atoms with van der Waals surface area (Å²) in [5.41, 5.74) is -1.08. The van der Waals surface area contributed by atoms with Gasteiger partial charge in [0, 0.05) is 0 Å². The van der Waals surface area contributed by atoms with Crippen molar-refractivity contribution >= 4 is 0 Å². The molecule has 2 atom stereocenters. The maximum absolute atomic E-state index is 12.6. The second-order valence-electron chi connectivity index (χ2n) is 6.37. The number of ether oxygens (including phenoxy) is 3. The molecule has 1 aromatic carbocycles. The lowest BCUT2D eigenvalue weighted by atomic mass is 10.2. The molecule has 2 saturated heterocycles. The van der Waals surface area contributed by atoms with Gasteiger partial charge in [0.2, 0.25) is 0 Å². The van der Waals surface area contributed by atoms with E-state index in [4.69, 9.17) is 14.2 Å². The Morgan fingerprint density at radius 3 is 1.85 bits per heavy atom. The summed E-state index contributed by atoms with van der Waals surface area (Å²) in [7, 11) is 0. The highest BCUT2D eigenvalue weighted by atomic mass is 16.6. The first-order valence-electron chi connectivity index (χ1n) is 8.43. The van der Waals surface area contributed by atoms with Crippen LogP contribution in [0.3, 0.4) is 0 Å². The lowest BCUT2D eigenvalue weighted by molar-refractivity contribution is 0.0547. The Morgan fingerprint density at radius 1 is 0.846 bits per heavy atom. The minimum Gasteiger partial charge on any atom is -0.371 e. The molecule has 0 bridgehead atoms. The Kier molecular flexibility index (Phi) is 4.58. The van der Waals surface area contributed by atoms with Crippen molar-refractivity contribution in [2.75, 3.05) is 13.2 Å². The van der Waals surface area contributed by atoms with Crippen LogP contribution in [0.1, 0.15) is 5.56 Å². The molecule has 0 N–H and O–H groups in total. The van der Waals surface area contributed by atoms with Crippen LogP contribution in [0.15, 0.2) is 44.7 Å². The SMILES string of the molecule is O=c1n(COCc2ccccc2)c(=O)n(CC2CO2)c(=O)n1CC1CO1. The van der Waals surface area contributed by atoms with Gasteiger partial charge >= 0.3 is 17.1 Å². The summed E-state index contributed by atoms with van der Waals surface area (Å²) in [5.74, 6) is 0. The van der Waals surface area contributed by atoms with Crippen LogP contribution in [0.5, 0.6) is 0 Å². The third-order valence-corrected chi connectivity index (χ3v) is 4.29. The normalized spacial score (nSPS) is 20.9. The van der Waals surface area contributed by atoms with Gasteiger partial charge in [-0.25, -0.2) is 28.1 Å². The first-order chi connectivity index (χ1) is 12.6. The van der Waals surface area contributed by atoms with E-state index in [0.717, 1.165) is 19.3 Å². The van der Waals surface area contributed by atoms with E-state index in [-0.39, 0.29) is 38.6 Å². The van der Waals surface area contributed by atoms with Crippen molar-refractivity contribution in [3.8, 4) is 0 Å². The molecule has 0 saturated carbocycles. The molecular weight excluding hydrogens is 342 g/mol. The zero-order chi connectivity index (χ0) is 18.1. The Morgan fingerprint density at radius 2 is 1.35 bits per heavy atom. The molecular formula is C17H19N3O6. The summed E-state index contributed by atoms with van der Waals surface area (Å²) in [4.78, 5) is 37.8. The van der Waals surface area contributed by atoms with Gasteiger partial charge in [0.25, 0.3) is 0 Å². The van der Waals surface area contributed by atoms with E-state index in [9.17, 15) is 14.4 Å². The molecule has 1 aromatic heterocycles. The molecule has 3 heterocycles. The molecule has 9 heteroatoms. The van der Waals surface area contributed by atoms with Crippen molar-refractivity contribution in [3.05, 3.63) is 67.3 Å². The molecule has 138 valence electrons. The van der Waals surface area contributed by atoms with Gasteiger partial charge in [0.05, 0.1) is 45.1 Å². The molecule has 2 fully saturated rings. The minimum absolute atomic E-state index is 0.127. The van der Waals surface area contributed by atoms with Crippen LogP contribution in [0, 0.1) is 0 Å². The van der Waals surface area contributed by atoms with Crippen molar-refractivity contribution < 1.29 is 14.2 Å². The predicted octanol–water partition coefficient (Wildman–Crippen LogP) is -0.856. The lowest BCUT2D eigenvalue weighted by Gasteiger charge is -2.13. The number of hydrogen-bond donors (Lipinski definition) is 0. The number of epoxide rings is 2. The van der Waals surface area contributed by atoms with E-state index in [1.165, 1.54) is 0 Å². The van der Waals surface area contributed by atoms with Gasteiger partial charge < -0.3 is 14.2 Å². The summed E-state index contributed by atoms with van der Waals surface area (Å²) in [6.07, 6.45) is -0.329. The van der Waals surface area contributed by atoms with Gasteiger partial charge in [-0.1, -0.05) is 30.3 Å². The van der Waals surface area contributed by atoms with Crippen molar-refractivity contribution in [1.82, 2.24) is 13.7 Å². The molecule has 0 spiro atoms. The quantitative estimate of drug-likeness (QED) is 0.568. The number of benzene rings is 1. The third-order valence-electron chi connectivity index (χ3n) is 4.29. The largest absolute Gasteiger partial charge is 0.371 e. The first-order valence-corrected chi connectivity index (χ1v) is 8.43. The number of rotatable bonds is 8. The monoisotopic (exact) mass is 361 g/mol. The Labute approximate surface area is 148 Å². The zero-order valence-corrected chi connectivity index (χ0v) is 14.1. The molecule has 2 aliphatic rings. The second-order valence-corrected chi connectivity index (χ2v) is 6.37. The molecule has 4 rings (SSSR count). The second kappa shape index (κ2) is 7.02. The van der Waals surface area contributed by atoms with Gasteiger partial charge in [0.1, 0.15) is 6.73 Å². The minimum atomic E-state index is -0.684.